The topological polar surface area (TPSA) is 20.3 Å². The van der Waals surface area contributed by atoms with Crippen molar-refractivity contribution >= 4 is 24.2 Å². The molecule has 2 rings (SSSR count). The molecule has 0 spiro atoms. The summed E-state index contributed by atoms with van der Waals surface area (Å²) in [5.41, 5.74) is 2.43. The number of amides is 1. The van der Waals surface area contributed by atoms with Gasteiger partial charge in [-0.1, -0.05) is 32.9 Å². The van der Waals surface area contributed by atoms with Gasteiger partial charge in [0.2, 0.25) is 5.91 Å². The Hall–Kier alpha value is -0.960. The van der Waals surface area contributed by atoms with Crippen LogP contribution in [0.25, 0.3) is 0 Å². The molecule has 1 atom stereocenters. The van der Waals surface area contributed by atoms with Crippen LogP contribution in [0.1, 0.15) is 32.8 Å². The average Bonchev–Trinajstić information content (AvgIpc) is 2.57. The molecule has 2 nitrogen and oxygen atoms in total. The highest BCUT2D eigenvalue weighted by atomic mass is 32.1. The van der Waals surface area contributed by atoms with Crippen LogP contribution in [0.15, 0.2) is 24.3 Å². The Morgan fingerprint density at radius 2 is 1.82 bits per heavy atom. The Balaban J connectivity index is 2.22. The van der Waals surface area contributed by atoms with Crippen molar-refractivity contribution in [2.75, 3.05) is 11.4 Å². The number of carbonyl (C=O) groups excluding carboxylic acids is 1. The number of benzene rings is 1. The molecule has 0 N–H and O–H groups in total. The highest BCUT2D eigenvalue weighted by Crippen LogP contribution is 2.27. The lowest BCUT2D eigenvalue weighted by atomic mass is 9.87. The monoisotopic (exact) mass is 249 g/mol. The number of thiol groups is 1. The van der Waals surface area contributed by atoms with E-state index in [2.05, 4.69) is 45.5 Å². The van der Waals surface area contributed by atoms with Gasteiger partial charge in [-0.25, -0.2) is 0 Å². The molecule has 1 saturated heterocycles. The van der Waals surface area contributed by atoms with Crippen LogP contribution in [0.5, 0.6) is 0 Å². The number of hydrogen-bond donors (Lipinski definition) is 1. The molecule has 3 heteroatoms. The molecule has 17 heavy (non-hydrogen) atoms. The lowest BCUT2D eigenvalue weighted by molar-refractivity contribution is -0.117. The van der Waals surface area contributed by atoms with Crippen LogP contribution in [0.3, 0.4) is 0 Å². The van der Waals surface area contributed by atoms with Crippen molar-refractivity contribution in [1.82, 2.24) is 0 Å². The predicted molar refractivity (Wildman–Crippen MR) is 74.9 cm³/mol. The van der Waals surface area contributed by atoms with Gasteiger partial charge >= 0.3 is 0 Å². The van der Waals surface area contributed by atoms with Crippen molar-refractivity contribution in [2.45, 2.75) is 37.9 Å². The normalized spacial score (nSPS) is 21.1. The Morgan fingerprint density at radius 3 is 2.24 bits per heavy atom. The van der Waals surface area contributed by atoms with Gasteiger partial charge in [-0.3, -0.25) is 4.79 Å². The first-order valence-corrected chi connectivity index (χ1v) is 6.48. The summed E-state index contributed by atoms with van der Waals surface area (Å²) >= 11 is 4.36. The third-order valence-electron chi connectivity index (χ3n) is 3.15. The van der Waals surface area contributed by atoms with Crippen molar-refractivity contribution in [1.29, 1.82) is 0 Å². The fourth-order valence-corrected chi connectivity index (χ4v) is 2.40. The molecule has 1 aromatic carbocycles. The zero-order valence-corrected chi connectivity index (χ0v) is 11.5. The van der Waals surface area contributed by atoms with E-state index in [4.69, 9.17) is 0 Å². The summed E-state index contributed by atoms with van der Waals surface area (Å²) in [6.07, 6.45) is 0.546. The molecule has 0 aliphatic carbocycles. The van der Waals surface area contributed by atoms with Gasteiger partial charge in [0.1, 0.15) is 0 Å². The summed E-state index contributed by atoms with van der Waals surface area (Å²) in [5.74, 6) is 0.175. The van der Waals surface area contributed by atoms with E-state index in [0.29, 0.717) is 6.42 Å². The van der Waals surface area contributed by atoms with Crippen molar-refractivity contribution < 1.29 is 4.79 Å². The molecule has 0 aromatic heterocycles. The van der Waals surface area contributed by atoms with E-state index in [-0.39, 0.29) is 16.6 Å². The standard InChI is InChI=1S/C14H19NOS/c1-14(2,3)10-4-6-11(7-5-10)15-9-12(17)8-13(15)16/h4-7,12,17H,8-9H2,1-3H3. The molecule has 1 amide bonds. The van der Waals surface area contributed by atoms with E-state index in [1.165, 1.54) is 5.56 Å². The minimum absolute atomic E-state index is 0.152. The molecule has 1 aliphatic rings. The second-order valence-electron chi connectivity index (χ2n) is 5.66. The van der Waals surface area contributed by atoms with Crippen LogP contribution < -0.4 is 4.90 Å². The van der Waals surface area contributed by atoms with E-state index >= 15 is 0 Å². The van der Waals surface area contributed by atoms with Crippen molar-refractivity contribution in [3.63, 3.8) is 0 Å². The average molecular weight is 249 g/mol. The number of nitrogens with zero attached hydrogens (tertiary/aromatic N) is 1. The van der Waals surface area contributed by atoms with Crippen molar-refractivity contribution in [3.8, 4) is 0 Å². The fourth-order valence-electron chi connectivity index (χ4n) is 2.08. The quantitative estimate of drug-likeness (QED) is 0.759. The summed E-state index contributed by atoms with van der Waals surface area (Å²) in [4.78, 5) is 13.6. The predicted octanol–water partition coefficient (Wildman–Crippen LogP) is 3.02. The molecule has 92 valence electrons. The maximum absolute atomic E-state index is 11.7. The second kappa shape index (κ2) is 4.37. The molecule has 1 heterocycles. The lowest BCUT2D eigenvalue weighted by Crippen LogP contribution is -2.24. The SMILES string of the molecule is CC(C)(C)c1ccc(N2CC(S)CC2=O)cc1. The first-order chi connectivity index (χ1) is 7.88. The van der Waals surface area contributed by atoms with Crippen LogP contribution >= 0.6 is 12.6 Å². The number of anilines is 1. The second-order valence-corrected chi connectivity index (χ2v) is 6.39. The highest BCUT2D eigenvalue weighted by Gasteiger charge is 2.28. The van der Waals surface area contributed by atoms with Crippen LogP contribution in [0, 0.1) is 0 Å². The Morgan fingerprint density at radius 1 is 1.24 bits per heavy atom. The van der Waals surface area contributed by atoms with Crippen LogP contribution in [-0.2, 0) is 10.2 Å². The molecule has 1 fully saturated rings. The molecule has 0 radical (unpaired) electrons. The summed E-state index contributed by atoms with van der Waals surface area (Å²) in [6.45, 7) is 7.28. The van der Waals surface area contributed by atoms with Crippen molar-refractivity contribution in [3.05, 3.63) is 29.8 Å². The van der Waals surface area contributed by atoms with Crippen LogP contribution in [0.4, 0.5) is 5.69 Å². The highest BCUT2D eigenvalue weighted by molar-refractivity contribution is 7.81. The van der Waals surface area contributed by atoms with E-state index in [1.54, 1.807) is 0 Å². The zero-order valence-electron chi connectivity index (χ0n) is 10.6. The third kappa shape index (κ3) is 2.65. The van der Waals surface area contributed by atoms with Crippen LogP contribution in [0.2, 0.25) is 0 Å². The van der Waals surface area contributed by atoms with Gasteiger partial charge < -0.3 is 4.90 Å². The van der Waals surface area contributed by atoms with Gasteiger partial charge in [-0.2, -0.15) is 12.6 Å². The Bertz CT molecular complexity index is 419. The Labute approximate surface area is 108 Å². The van der Waals surface area contributed by atoms with E-state index < -0.39 is 0 Å². The minimum atomic E-state index is 0.152. The third-order valence-corrected chi connectivity index (χ3v) is 3.50. The van der Waals surface area contributed by atoms with Gasteiger partial charge in [0.25, 0.3) is 0 Å². The maximum Gasteiger partial charge on any atom is 0.228 e. The van der Waals surface area contributed by atoms with Crippen LogP contribution in [-0.4, -0.2) is 17.7 Å². The fraction of sp³-hybridized carbons (Fsp3) is 0.500. The Kier molecular flexibility index (Phi) is 3.21. The minimum Gasteiger partial charge on any atom is -0.311 e. The number of rotatable bonds is 1. The molecule has 0 saturated carbocycles. The summed E-state index contributed by atoms with van der Waals surface area (Å²) in [7, 11) is 0. The molecule has 0 bridgehead atoms. The zero-order chi connectivity index (χ0) is 12.6. The summed E-state index contributed by atoms with van der Waals surface area (Å²) < 4.78 is 0. The van der Waals surface area contributed by atoms with Crippen molar-refractivity contribution in [2.24, 2.45) is 0 Å². The van der Waals surface area contributed by atoms with Gasteiger partial charge in [0.15, 0.2) is 0 Å². The summed E-state index contributed by atoms with van der Waals surface area (Å²) in [6, 6.07) is 8.28. The number of hydrogen-bond acceptors (Lipinski definition) is 2. The van der Waals surface area contributed by atoms with Gasteiger partial charge in [-0.15, -0.1) is 0 Å². The van der Waals surface area contributed by atoms with E-state index in [1.807, 2.05) is 17.0 Å². The smallest absolute Gasteiger partial charge is 0.228 e. The molecule has 1 unspecified atom stereocenters. The molecular weight excluding hydrogens is 230 g/mol. The lowest BCUT2D eigenvalue weighted by Gasteiger charge is -2.21. The molecule has 1 aromatic rings. The van der Waals surface area contributed by atoms with Gasteiger partial charge in [0, 0.05) is 23.9 Å². The van der Waals surface area contributed by atoms with E-state index in [0.717, 1.165) is 12.2 Å². The maximum atomic E-state index is 11.7. The van der Waals surface area contributed by atoms with Gasteiger partial charge in [-0.05, 0) is 23.1 Å². The first-order valence-electron chi connectivity index (χ1n) is 5.97. The largest absolute Gasteiger partial charge is 0.311 e. The van der Waals surface area contributed by atoms with Gasteiger partial charge in [0.05, 0.1) is 0 Å². The van der Waals surface area contributed by atoms with E-state index in [9.17, 15) is 4.79 Å². The number of carbonyl (C=O) groups is 1. The first kappa shape index (κ1) is 12.5. The summed E-state index contributed by atoms with van der Waals surface area (Å²) in [5, 5.41) is 0.171. The molecule has 1 aliphatic heterocycles. The molecular formula is C14H19NOS.